The van der Waals surface area contributed by atoms with Crippen LogP contribution in [0.5, 0.6) is 5.75 Å². The third-order valence-electron chi connectivity index (χ3n) is 11.6. The lowest BCUT2D eigenvalue weighted by atomic mass is 9.77. The van der Waals surface area contributed by atoms with Gasteiger partial charge in [0.2, 0.25) is 17.7 Å². The van der Waals surface area contributed by atoms with E-state index in [1.165, 1.54) is 19.3 Å². The Bertz CT molecular complexity index is 1280. The Balaban J connectivity index is 0.928. The van der Waals surface area contributed by atoms with Crippen molar-refractivity contribution in [3.05, 3.63) is 29.3 Å². The van der Waals surface area contributed by atoms with Crippen molar-refractivity contribution >= 4 is 23.6 Å². The van der Waals surface area contributed by atoms with E-state index in [-0.39, 0.29) is 35.7 Å². The summed E-state index contributed by atoms with van der Waals surface area (Å²) in [6, 6.07) is 5.51. The van der Waals surface area contributed by atoms with E-state index in [1.54, 1.807) is 4.90 Å². The van der Waals surface area contributed by atoms with Crippen molar-refractivity contribution in [2.24, 2.45) is 17.3 Å². The zero-order valence-electron chi connectivity index (χ0n) is 25.5. The van der Waals surface area contributed by atoms with Crippen molar-refractivity contribution in [2.75, 3.05) is 26.2 Å². The summed E-state index contributed by atoms with van der Waals surface area (Å²) in [4.78, 5) is 56.6. The lowest BCUT2D eigenvalue weighted by Crippen LogP contribution is -2.60. The maximum absolute atomic E-state index is 13.2. The topological polar surface area (TPSA) is 99.3 Å². The lowest BCUT2D eigenvalue weighted by molar-refractivity contribution is -0.143. The minimum absolute atomic E-state index is 0.114. The van der Waals surface area contributed by atoms with E-state index in [0.29, 0.717) is 42.3 Å². The number of nitrogens with one attached hydrogen (secondary N) is 1. The van der Waals surface area contributed by atoms with Crippen molar-refractivity contribution < 1.29 is 23.9 Å². The second kappa shape index (κ2) is 11.5. The maximum Gasteiger partial charge on any atom is 0.255 e. The summed E-state index contributed by atoms with van der Waals surface area (Å²) >= 11 is 0. The first-order valence-electron chi connectivity index (χ1n) is 16.8. The molecule has 4 heterocycles. The summed E-state index contributed by atoms with van der Waals surface area (Å²) < 4.78 is 6.64. The molecule has 0 bridgehead atoms. The highest BCUT2D eigenvalue weighted by molar-refractivity contribution is 6.05. The first kappa shape index (κ1) is 28.8. The van der Waals surface area contributed by atoms with Gasteiger partial charge < -0.3 is 14.5 Å². The van der Waals surface area contributed by atoms with E-state index in [4.69, 9.17) is 4.74 Å². The van der Waals surface area contributed by atoms with Gasteiger partial charge in [-0.2, -0.15) is 0 Å². The third-order valence-corrected chi connectivity index (χ3v) is 11.6. The predicted molar refractivity (Wildman–Crippen MR) is 160 cm³/mol. The van der Waals surface area contributed by atoms with Crippen molar-refractivity contribution in [3.8, 4) is 5.75 Å². The van der Waals surface area contributed by atoms with E-state index in [9.17, 15) is 19.2 Å². The first-order valence-corrected chi connectivity index (χ1v) is 16.8. The van der Waals surface area contributed by atoms with Crippen molar-refractivity contribution in [1.82, 2.24) is 20.0 Å². The van der Waals surface area contributed by atoms with Gasteiger partial charge in [-0.05, 0) is 87.0 Å². The second-order valence-electron chi connectivity index (χ2n) is 14.3. The molecule has 3 atom stereocenters. The summed E-state index contributed by atoms with van der Waals surface area (Å²) in [7, 11) is 0. The largest absolute Gasteiger partial charge is 0.489 e. The molecule has 4 amide bonds. The van der Waals surface area contributed by atoms with Crippen molar-refractivity contribution in [3.63, 3.8) is 0 Å². The number of fused-ring (bicyclic) bond motifs is 1. The quantitative estimate of drug-likeness (QED) is 0.505. The highest BCUT2D eigenvalue weighted by atomic mass is 16.5. The minimum atomic E-state index is -0.604. The number of carbonyl (C=O) groups is 4. The fourth-order valence-electron chi connectivity index (χ4n) is 8.87. The Labute approximate surface area is 254 Å². The molecule has 5 fully saturated rings. The molecular weight excluding hydrogens is 544 g/mol. The Morgan fingerprint density at radius 3 is 2.42 bits per heavy atom. The van der Waals surface area contributed by atoms with Gasteiger partial charge in [-0.3, -0.25) is 29.4 Å². The molecule has 232 valence electrons. The number of piperidine rings is 2. The molecule has 1 aromatic carbocycles. The monoisotopic (exact) mass is 590 g/mol. The van der Waals surface area contributed by atoms with Crippen LogP contribution in [0.4, 0.5) is 0 Å². The molecule has 0 radical (unpaired) electrons. The van der Waals surface area contributed by atoms with E-state index in [1.807, 2.05) is 18.2 Å². The predicted octanol–water partition coefficient (Wildman–Crippen LogP) is 3.89. The zero-order chi connectivity index (χ0) is 29.7. The fraction of sp³-hybridized carbons (Fsp3) is 0.706. The Morgan fingerprint density at radius 2 is 1.67 bits per heavy atom. The third kappa shape index (κ3) is 5.47. The van der Waals surface area contributed by atoms with E-state index in [0.717, 1.165) is 82.4 Å². The van der Waals surface area contributed by atoms with Gasteiger partial charge in [-0.1, -0.05) is 26.2 Å². The van der Waals surface area contributed by atoms with Gasteiger partial charge in [-0.25, -0.2) is 0 Å². The Kier molecular flexibility index (Phi) is 7.72. The van der Waals surface area contributed by atoms with Gasteiger partial charge in [0, 0.05) is 56.2 Å². The molecule has 0 spiro atoms. The zero-order valence-corrected chi connectivity index (χ0v) is 25.5. The average Bonchev–Trinajstić information content (AvgIpc) is 3.57. The van der Waals surface area contributed by atoms with Crippen LogP contribution < -0.4 is 10.1 Å². The van der Waals surface area contributed by atoms with E-state index >= 15 is 0 Å². The lowest BCUT2D eigenvalue weighted by Gasteiger charge is -2.52. The normalized spacial score (nSPS) is 30.3. The number of ether oxygens (including phenoxy) is 1. The van der Waals surface area contributed by atoms with Crippen LogP contribution in [0.15, 0.2) is 18.2 Å². The van der Waals surface area contributed by atoms with Crippen LogP contribution >= 0.6 is 0 Å². The number of benzene rings is 1. The molecule has 2 saturated carbocycles. The maximum atomic E-state index is 13.2. The molecule has 2 aliphatic carbocycles. The van der Waals surface area contributed by atoms with Crippen LogP contribution in [0.3, 0.4) is 0 Å². The SMILES string of the molecule is CC1(C(=O)N2CCC(C3CN([C@H]4CCCC[C@H]4Oc4ccc5c(c4)CN(C4CCC(=O)NC4=O)C5=O)C3)CC2)CCCC1. The smallest absolute Gasteiger partial charge is 0.255 e. The Morgan fingerprint density at radius 1 is 0.930 bits per heavy atom. The van der Waals surface area contributed by atoms with Crippen LogP contribution in [0.1, 0.15) is 99.9 Å². The number of likely N-dealkylation sites (tertiary alicyclic amines) is 2. The number of imide groups is 1. The van der Waals surface area contributed by atoms with Gasteiger partial charge in [0.25, 0.3) is 5.91 Å². The van der Waals surface area contributed by atoms with Crippen molar-refractivity contribution in [1.29, 1.82) is 0 Å². The molecular formula is C34H46N4O5. The summed E-state index contributed by atoms with van der Waals surface area (Å²) in [6.45, 7) is 6.64. The Hall–Kier alpha value is -2.94. The molecule has 9 nitrogen and oxygen atoms in total. The molecule has 6 aliphatic rings. The van der Waals surface area contributed by atoms with Crippen LogP contribution in [-0.2, 0) is 20.9 Å². The number of hydrogen-bond acceptors (Lipinski definition) is 6. The van der Waals surface area contributed by atoms with Gasteiger partial charge in [0.1, 0.15) is 17.9 Å². The fourth-order valence-corrected chi connectivity index (χ4v) is 8.87. The van der Waals surface area contributed by atoms with Crippen LogP contribution in [-0.4, -0.2) is 82.7 Å². The summed E-state index contributed by atoms with van der Waals surface area (Å²) in [6.07, 6.45) is 12.1. The number of nitrogens with zero attached hydrogens (tertiary/aromatic N) is 3. The van der Waals surface area contributed by atoms with Gasteiger partial charge in [-0.15, -0.1) is 0 Å². The number of amides is 4. The standard InChI is InChI=1S/C34H46N4O5/c1-34(14-4-5-15-34)33(42)36-16-12-22(13-17-36)24-19-37(20-24)27-6-2-3-7-29(27)43-25-8-9-26-23(18-25)21-38(32(26)41)28-10-11-30(39)35-31(28)40/h8-9,18,22,24,27-29H,2-7,10-17,19-21H2,1H3,(H,35,39,40)/t27-,28?,29+/m0/s1. The molecule has 0 aromatic heterocycles. The number of carbonyl (C=O) groups excluding carboxylic acids is 4. The first-order chi connectivity index (χ1) is 20.8. The van der Waals surface area contributed by atoms with Crippen molar-refractivity contribution in [2.45, 2.75) is 109 Å². The summed E-state index contributed by atoms with van der Waals surface area (Å²) in [5.74, 6) is 1.81. The molecule has 7 rings (SSSR count). The summed E-state index contributed by atoms with van der Waals surface area (Å²) in [5.41, 5.74) is 1.39. The molecule has 43 heavy (non-hydrogen) atoms. The summed E-state index contributed by atoms with van der Waals surface area (Å²) in [5, 5.41) is 2.37. The van der Waals surface area contributed by atoms with E-state index in [2.05, 4.69) is 22.0 Å². The highest BCUT2D eigenvalue weighted by Gasteiger charge is 2.45. The minimum Gasteiger partial charge on any atom is -0.489 e. The molecule has 4 aliphatic heterocycles. The molecule has 3 saturated heterocycles. The average molecular weight is 591 g/mol. The second-order valence-corrected chi connectivity index (χ2v) is 14.3. The number of rotatable bonds is 6. The molecule has 9 heteroatoms. The molecule has 1 aromatic rings. The van der Waals surface area contributed by atoms with Gasteiger partial charge >= 0.3 is 0 Å². The van der Waals surface area contributed by atoms with Gasteiger partial charge in [0.05, 0.1) is 0 Å². The van der Waals surface area contributed by atoms with Gasteiger partial charge in [0.15, 0.2) is 0 Å². The van der Waals surface area contributed by atoms with Crippen LogP contribution in [0.25, 0.3) is 0 Å². The molecule has 1 unspecified atom stereocenters. The molecule has 1 N–H and O–H groups in total. The van der Waals surface area contributed by atoms with E-state index < -0.39 is 6.04 Å². The number of hydrogen-bond donors (Lipinski definition) is 1. The van der Waals surface area contributed by atoms with Crippen LogP contribution in [0, 0.1) is 17.3 Å². The van der Waals surface area contributed by atoms with Crippen LogP contribution in [0.2, 0.25) is 0 Å². The highest BCUT2D eigenvalue weighted by Crippen LogP contribution is 2.42.